The van der Waals surface area contributed by atoms with Crippen LogP contribution >= 0.6 is 0 Å². The second-order valence-electron chi connectivity index (χ2n) is 35.6. The molecule has 10 heterocycles. The van der Waals surface area contributed by atoms with Gasteiger partial charge in [-0.25, -0.2) is 15.9 Å². The minimum absolute atomic E-state index is 0.0355. The molecule has 4 aromatic rings. The third-order valence-corrected chi connectivity index (χ3v) is 24.5. The summed E-state index contributed by atoms with van der Waals surface area (Å²) in [5.41, 5.74) is -2.72. The van der Waals surface area contributed by atoms with Crippen molar-refractivity contribution < 1.29 is 129 Å². The number of hydrogen-bond donors (Lipinski definition) is 3. The van der Waals surface area contributed by atoms with E-state index >= 15 is 0 Å². The maximum atomic E-state index is 14.7. The molecule has 6 aliphatic heterocycles. The first-order valence-electron chi connectivity index (χ1n) is 43.3. The van der Waals surface area contributed by atoms with E-state index in [1.807, 2.05) is 83.9 Å². The number of pyridine rings is 2. The second kappa shape index (κ2) is 45.6. The van der Waals surface area contributed by atoms with Crippen molar-refractivity contribution in [1.29, 1.82) is 0 Å². The maximum absolute atomic E-state index is 14.7. The molecule has 4 aromatic heterocycles. The molecule has 0 saturated carbocycles. The maximum Gasteiger partial charge on any atom is 0.316 e. The zero-order valence-corrected chi connectivity index (χ0v) is 77.7. The summed E-state index contributed by atoms with van der Waals surface area (Å²) in [4.78, 5) is 152. The Bertz CT molecular complexity index is 4430. The lowest BCUT2D eigenvalue weighted by atomic mass is 9.73. The zero-order valence-electron chi connectivity index (χ0n) is 77.7. The van der Waals surface area contributed by atoms with Crippen molar-refractivity contribution in [3.05, 3.63) is 72.4 Å². The van der Waals surface area contributed by atoms with Gasteiger partial charge in [-0.3, -0.25) is 58.0 Å². The highest BCUT2D eigenvalue weighted by Gasteiger charge is 2.57. The van der Waals surface area contributed by atoms with E-state index in [0.29, 0.717) is 48.1 Å². The van der Waals surface area contributed by atoms with Crippen LogP contribution in [0, 0.1) is 47.3 Å². The minimum Gasteiger partial charge on any atom is -0.459 e. The number of aliphatic hydroxyl groups is 2. The number of ketones is 3. The number of cyclic esters (lactones) is 2. The largest absolute Gasteiger partial charge is 0.459 e. The van der Waals surface area contributed by atoms with Crippen molar-refractivity contribution >= 4 is 70.2 Å². The first-order valence-corrected chi connectivity index (χ1v) is 43.3. The fraction of sp³-hybridized carbons (Fsp3) is 0.689. The van der Waals surface area contributed by atoms with Gasteiger partial charge in [0.05, 0.1) is 97.8 Å². The molecule has 2 amide bonds. The van der Waals surface area contributed by atoms with E-state index in [2.05, 4.69) is 40.3 Å². The van der Waals surface area contributed by atoms with Crippen LogP contribution in [0.15, 0.2) is 85.4 Å². The van der Waals surface area contributed by atoms with Gasteiger partial charge in [0.1, 0.15) is 59.9 Å². The third-order valence-electron chi connectivity index (χ3n) is 24.5. The molecule has 6 fully saturated rings. The van der Waals surface area contributed by atoms with Crippen LogP contribution in [0.5, 0.6) is 0 Å². The van der Waals surface area contributed by atoms with E-state index in [1.165, 1.54) is 55.4 Å². The van der Waals surface area contributed by atoms with Crippen LogP contribution in [0.4, 0.5) is 0 Å². The summed E-state index contributed by atoms with van der Waals surface area (Å²) in [6.07, 6.45) is -3.87. The van der Waals surface area contributed by atoms with Gasteiger partial charge in [0.25, 0.3) is 0 Å². The first-order chi connectivity index (χ1) is 59.7. The van der Waals surface area contributed by atoms with Crippen molar-refractivity contribution in [2.24, 2.45) is 68.4 Å². The molecular weight excluding hydrogens is 1650 g/mol. The molecular formula is C90H132N10O27. The summed E-state index contributed by atoms with van der Waals surface area (Å²) in [6, 6.07) is 10.1. The highest BCUT2D eigenvalue weighted by molar-refractivity contribution is 6.02. The van der Waals surface area contributed by atoms with Gasteiger partial charge in [-0.15, -0.1) is 0 Å². The number of aromatic nitrogens is 4. The molecule has 0 spiro atoms. The summed E-state index contributed by atoms with van der Waals surface area (Å²) in [6.45, 7) is 31.2. The lowest BCUT2D eigenvalue weighted by Gasteiger charge is -2.48. The predicted molar refractivity (Wildman–Crippen MR) is 458 cm³/mol. The van der Waals surface area contributed by atoms with Crippen LogP contribution in [0.3, 0.4) is 0 Å². The second-order valence-corrected chi connectivity index (χ2v) is 35.6. The molecule has 37 nitrogen and oxygen atoms in total. The monoisotopic (exact) mass is 1780 g/mol. The van der Waals surface area contributed by atoms with Crippen molar-refractivity contribution in [3.63, 3.8) is 0 Å². The van der Waals surface area contributed by atoms with E-state index in [4.69, 9.17) is 76.6 Å². The summed E-state index contributed by atoms with van der Waals surface area (Å²) < 4.78 is 86.2. The summed E-state index contributed by atoms with van der Waals surface area (Å²) in [5, 5.41) is 36.3. The van der Waals surface area contributed by atoms with Crippen LogP contribution < -0.4 is 5.90 Å². The van der Waals surface area contributed by atoms with Gasteiger partial charge < -0.3 is 90.7 Å². The summed E-state index contributed by atoms with van der Waals surface area (Å²) >= 11 is 0. The molecule has 6 saturated heterocycles. The first kappa shape index (κ1) is 104. The number of ether oxygens (including phenoxy) is 12. The van der Waals surface area contributed by atoms with Gasteiger partial charge in [0.15, 0.2) is 60.3 Å². The van der Waals surface area contributed by atoms with Gasteiger partial charge in [-0.1, -0.05) is 76.9 Å². The van der Waals surface area contributed by atoms with Gasteiger partial charge in [-0.2, -0.15) is 0 Å². The molecule has 6 aliphatic rings. The van der Waals surface area contributed by atoms with Crippen molar-refractivity contribution in [1.82, 2.24) is 30.1 Å². The van der Waals surface area contributed by atoms with Crippen molar-refractivity contribution in [2.75, 3.05) is 54.6 Å². The summed E-state index contributed by atoms with van der Waals surface area (Å²) in [5.74, 6) is -6.48. The Labute approximate surface area is 742 Å². The number of amides is 2. The van der Waals surface area contributed by atoms with Crippen LogP contribution in [-0.4, -0.2) is 273 Å². The highest BCUT2D eigenvalue weighted by Crippen LogP contribution is 2.44. The van der Waals surface area contributed by atoms with Crippen molar-refractivity contribution in [3.8, 4) is 22.8 Å². The fourth-order valence-electron chi connectivity index (χ4n) is 18.1. The average Bonchev–Trinajstić information content (AvgIpc) is 1.66. The number of carbonyl (C=O) groups excluding carboxylic acids is 9. The van der Waals surface area contributed by atoms with E-state index < -0.39 is 197 Å². The molecule has 127 heavy (non-hydrogen) atoms. The Hall–Kier alpha value is -8.80. The van der Waals surface area contributed by atoms with Crippen LogP contribution in [0.25, 0.3) is 22.8 Å². The standard InChI is InChI=1S/C45H65N5O13.C36H58N2O12.C9H9N3O2/c1-13-36-45(10,55)41-26(4)37(48-29(7)51)24(2)19-44(9,57-22-33(21-56-41)49-58-23-32-15-14-31(20-46-32)35-16-17-47-63-35)40(27(5)38(53)28(6)42(54)61-36)62-43-39(60-30(8)52)34(50(11)12)18-25(3)59-43;1-13-27-36(10,44)32-20(4)28(37-23(7)39)18(2)15-35(9,46-17-25(41)16-45-32)31(21(5)29(42)22(6)33(43)49-27)50-34-30(48-24(8)40)26(38(11)12)14-19(3)47-34;10-13-6-7-1-2-8(11-5-7)9-3-4-12-14-9/h14-17,20,24-28,34,36,39-41,43,55H,13,18-19,21-23H2,1-12H3;18-22,26-27,30-32,34,44H,13-17H2,1-12H3;1-5H,6,10H2/t24-,25-,26+,27+,28-,34+,36-,39-,40-,41-,43+,44-,45-;18-,19-,20+,21+,22-,26+,27-,30-,31-,32-,34+,35-,36-;/m11./s1. The number of rotatable bonds is 17. The quantitative estimate of drug-likeness (QED) is 0.0385. The topological polar surface area (TPSA) is 471 Å². The molecule has 0 radical (unpaired) electrons. The molecule has 37 heteroatoms. The smallest absolute Gasteiger partial charge is 0.316 e. The molecule has 704 valence electrons. The van der Waals surface area contributed by atoms with Gasteiger partial charge in [0, 0.05) is 92.9 Å². The van der Waals surface area contributed by atoms with Gasteiger partial charge in [-0.05, 0) is 158 Å². The third kappa shape index (κ3) is 26.5. The van der Waals surface area contributed by atoms with E-state index in [9.17, 15) is 53.4 Å². The molecule has 10 rings (SSSR count). The number of fused-ring (bicyclic) bond motifs is 10. The number of carbonyl (C=O) groups is 9. The number of Topliss-reactive ketones (excluding diaryl/α,β-unsaturated/α-hetero) is 3. The van der Waals surface area contributed by atoms with E-state index in [1.54, 1.807) is 98.4 Å². The number of nitrogens with two attached hydrogens (primary N) is 1. The normalized spacial score (nSPS) is 35.6. The minimum atomic E-state index is -1.88. The Morgan fingerprint density at radius 3 is 1.41 bits per heavy atom. The van der Waals surface area contributed by atoms with Crippen LogP contribution in [-0.2, 0) is 123 Å². The fourth-order valence-corrected chi connectivity index (χ4v) is 18.1. The number of esters is 4. The van der Waals surface area contributed by atoms with Crippen molar-refractivity contribution in [2.45, 2.75) is 298 Å². The number of nitrogens with zero attached hydrogens (tertiary/aromatic N) is 9. The predicted octanol–water partition coefficient (Wildman–Crippen LogP) is 8.56. The molecule has 4 bridgehead atoms. The molecule has 0 aliphatic carbocycles. The average molecular weight is 1790 g/mol. The molecule has 0 unspecified atom stereocenters. The van der Waals surface area contributed by atoms with E-state index in [0.717, 1.165) is 16.8 Å². The highest BCUT2D eigenvalue weighted by atomic mass is 16.7. The molecule has 4 N–H and O–H groups in total. The Kier molecular flexibility index (Phi) is 37.2. The lowest BCUT2D eigenvalue weighted by Crippen LogP contribution is -2.60. The van der Waals surface area contributed by atoms with Crippen LogP contribution in [0.1, 0.15) is 188 Å². The van der Waals surface area contributed by atoms with Gasteiger partial charge >= 0.3 is 23.9 Å². The zero-order chi connectivity index (χ0) is 94.1. The van der Waals surface area contributed by atoms with E-state index in [-0.39, 0.29) is 75.5 Å². The molecule has 0 aromatic carbocycles. The number of hydrogen-bond acceptors (Lipinski definition) is 35. The number of aliphatic imine (C=N–C) groups is 2. The Balaban J connectivity index is 0.000000276. The summed E-state index contributed by atoms with van der Waals surface area (Å²) in [7, 11) is 7.44. The molecule has 26 atom stereocenters. The Morgan fingerprint density at radius 2 is 1.02 bits per heavy atom. The SMILES string of the molecule is CC[C@H]1OC(=O)[C@H](C)C(=O)[C@H](C)[C@@H](O[C@@H]2O[C@H](C)C[C@H](N(C)C)[C@H]2OC(C)=O)[C@@]2(C)C[C@@H](C)C(=NC(C)=O)[C@H](C)[C@@H](OCC(=NOCc3ccc(-c4ccno4)cn3)CO2)[C@]1(C)O.CC[C@H]1OC(=O)[C@H](C)C(=O)[C@H](C)[C@@H](O[C@@H]2O[C@H](C)C[C@H](N(C)C)[C@H]2OC(C)=O)[C@@]2(C)C[C@@H](C)C(=NC(C)=O)[C@H](C)[C@@H](OCC(=O)CO2)[C@]1(C)O.NOCc1ccc(-c2ccno2)nc1. The Morgan fingerprint density at radius 1 is 0.559 bits per heavy atom. The number of oxime groups is 1. The lowest BCUT2D eigenvalue weighted by molar-refractivity contribution is -0.299. The van der Waals surface area contributed by atoms with Gasteiger partial charge in [0.2, 0.25) is 11.8 Å². The van der Waals surface area contributed by atoms with Crippen LogP contribution in [0.2, 0.25) is 0 Å². The number of likely N-dealkylation sites (N-methyl/N-ethyl adjacent to an activating group) is 2.